The van der Waals surface area contributed by atoms with Gasteiger partial charge in [0.05, 0.1) is 35.2 Å². The van der Waals surface area contributed by atoms with E-state index in [2.05, 4.69) is 20.8 Å². The van der Waals surface area contributed by atoms with Crippen molar-refractivity contribution in [3.05, 3.63) is 75.3 Å². The Morgan fingerprint density at radius 2 is 2.08 bits per heavy atom. The smallest absolute Gasteiger partial charge is 0.337 e. The van der Waals surface area contributed by atoms with Crippen molar-refractivity contribution in [2.24, 2.45) is 0 Å². The number of benzene rings is 2. The van der Waals surface area contributed by atoms with Gasteiger partial charge in [0.25, 0.3) is 5.56 Å². The molecule has 122 valence electrons. The Labute approximate surface area is 143 Å². The van der Waals surface area contributed by atoms with E-state index in [1.165, 1.54) is 25.3 Å². The van der Waals surface area contributed by atoms with E-state index in [-0.39, 0.29) is 5.56 Å². The molecular formula is C19H13N3O3. The molecular weight excluding hydrogens is 318 g/mol. The van der Waals surface area contributed by atoms with Gasteiger partial charge in [-0.05, 0) is 42.0 Å². The first-order valence-corrected chi connectivity index (χ1v) is 7.41. The lowest BCUT2D eigenvalue weighted by Crippen LogP contribution is -2.11. The highest BCUT2D eigenvalue weighted by Gasteiger charge is 2.09. The minimum absolute atomic E-state index is 0.299. The highest BCUT2D eigenvalue weighted by Crippen LogP contribution is 2.13. The normalized spacial score (nSPS) is 10.7. The van der Waals surface area contributed by atoms with E-state index in [1.807, 2.05) is 6.07 Å². The lowest BCUT2D eigenvalue weighted by molar-refractivity contribution is 0.0601. The number of nitrogens with zero attached hydrogens (tertiary/aromatic N) is 2. The maximum Gasteiger partial charge on any atom is 0.337 e. The van der Waals surface area contributed by atoms with Crippen molar-refractivity contribution < 1.29 is 9.53 Å². The topological polar surface area (TPSA) is 95.8 Å². The number of carbonyl (C=O) groups excluding carboxylic acids is 1. The Bertz CT molecular complexity index is 1090. The number of aromatic amines is 1. The van der Waals surface area contributed by atoms with Crippen LogP contribution in [0.4, 0.5) is 0 Å². The van der Waals surface area contributed by atoms with Gasteiger partial charge in [-0.15, -0.1) is 0 Å². The van der Waals surface area contributed by atoms with Crippen LogP contribution in [0.2, 0.25) is 0 Å². The van der Waals surface area contributed by atoms with Crippen LogP contribution in [0.25, 0.3) is 23.1 Å². The number of hydrogen-bond acceptors (Lipinski definition) is 5. The molecule has 0 aliphatic heterocycles. The summed E-state index contributed by atoms with van der Waals surface area (Å²) >= 11 is 0. The molecule has 0 atom stereocenters. The first-order valence-electron chi connectivity index (χ1n) is 7.41. The summed E-state index contributed by atoms with van der Waals surface area (Å²) in [7, 11) is 1.29. The fourth-order valence-corrected chi connectivity index (χ4v) is 2.37. The molecule has 6 nitrogen and oxygen atoms in total. The Morgan fingerprint density at radius 1 is 1.24 bits per heavy atom. The summed E-state index contributed by atoms with van der Waals surface area (Å²) in [6.45, 7) is 0. The van der Waals surface area contributed by atoms with Gasteiger partial charge < -0.3 is 9.72 Å². The predicted octanol–water partition coefficient (Wildman–Crippen LogP) is 2.75. The van der Waals surface area contributed by atoms with Crippen molar-refractivity contribution >= 4 is 29.0 Å². The third kappa shape index (κ3) is 3.46. The summed E-state index contributed by atoms with van der Waals surface area (Å²) in [6.07, 6.45) is 3.39. The number of H-pyrrole nitrogens is 1. The Morgan fingerprint density at radius 3 is 2.84 bits per heavy atom. The average molecular weight is 331 g/mol. The number of rotatable bonds is 3. The van der Waals surface area contributed by atoms with Crippen LogP contribution >= 0.6 is 0 Å². The molecule has 0 aliphatic carbocycles. The number of nitriles is 1. The van der Waals surface area contributed by atoms with Crippen LogP contribution in [0.3, 0.4) is 0 Å². The van der Waals surface area contributed by atoms with Gasteiger partial charge in [0.15, 0.2) is 0 Å². The van der Waals surface area contributed by atoms with Crippen LogP contribution in [0.5, 0.6) is 0 Å². The van der Waals surface area contributed by atoms with E-state index < -0.39 is 5.97 Å². The first kappa shape index (κ1) is 16.1. The summed E-state index contributed by atoms with van der Waals surface area (Å²) in [5, 5.41) is 9.31. The number of carbonyl (C=O) groups is 1. The van der Waals surface area contributed by atoms with E-state index >= 15 is 0 Å². The van der Waals surface area contributed by atoms with Crippen LogP contribution < -0.4 is 5.56 Å². The molecule has 0 saturated heterocycles. The standard InChI is InChI=1S/C19H13N3O3/c1-25-19(24)14-6-7-15-16(10-14)21-17(22-18(15)23)8-5-12-3-2-4-13(9-12)11-20/h2-10H,1H3,(H,21,22,23)/b8-5-. The molecule has 0 fully saturated rings. The maximum absolute atomic E-state index is 12.2. The highest BCUT2D eigenvalue weighted by atomic mass is 16.5. The lowest BCUT2D eigenvalue weighted by Gasteiger charge is -2.02. The molecule has 0 unspecified atom stereocenters. The van der Waals surface area contributed by atoms with E-state index in [1.54, 1.807) is 30.4 Å². The first-order chi connectivity index (χ1) is 12.1. The number of ether oxygens (including phenoxy) is 1. The Kier molecular flexibility index (Phi) is 4.40. The summed E-state index contributed by atoms with van der Waals surface area (Å²) in [5.41, 5.74) is 1.78. The van der Waals surface area contributed by atoms with E-state index in [0.29, 0.717) is 27.9 Å². The van der Waals surface area contributed by atoms with E-state index in [9.17, 15) is 9.59 Å². The molecule has 3 rings (SSSR count). The minimum Gasteiger partial charge on any atom is -0.465 e. The molecule has 2 aromatic carbocycles. The van der Waals surface area contributed by atoms with Crippen LogP contribution in [-0.2, 0) is 4.74 Å². The van der Waals surface area contributed by atoms with Gasteiger partial charge in [0, 0.05) is 0 Å². The molecule has 0 amide bonds. The van der Waals surface area contributed by atoms with Gasteiger partial charge in [-0.1, -0.05) is 18.2 Å². The molecule has 1 N–H and O–H groups in total. The second-order valence-corrected chi connectivity index (χ2v) is 5.25. The molecule has 0 saturated carbocycles. The molecule has 0 radical (unpaired) electrons. The maximum atomic E-state index is 12.2. The Hall–Kier alpha value is -3.72. The predicted molar refractivity (Wildman–Crippen MR) is 93.8 cm³/mol. The number of esters is 1. The average Bonchev–Trinajstić information content (AvgIpc) is 2.65. The van der Waals surface area contributed by atoms with Gasteiger partial charge in [-0.25, -0.2) is 9.78 Å². The van der Waals surface area contributed by atoms with Crippen molar-refractivity contribution in [2.75, 3.05) is 7.11 Å². The molecule has 0 bridgehead atoms. The molecule has 6 heteroatoms. The van der Waals surface area contributed by atoms with Crippen molar-refractivity contribution in [1.29, 1.82) is 5.26 Å². The van der Waals surface area contributed by atoms with Crippen molar-refractivity contribution in [3.63, 3.8) is 0 Å². The largest absolute Gasteiger partial charge is 0.465 e. The van der Waals surface area contributed by atoms with Crippen LogP contribution in [0.15, 0.2) is 47.3 Å². The number of hydrogen-bond donors (Lipinski definition) is 1. The van der Waals surface area contributed by atoms with Crippen LogP contribution in [0.1, 0.15) is 27.3 Å². The zero-order chi connectivity index (χ0) is 17.8. The van der Waals surface area contributed by atoms with Gasteiger partial charge in [0.1, 0.15) is 5.82 Å². The van der Waals surface area contributed by atoms with Crippen molar-refractivity contribution in [1.82, 2.24) is 9.97 Å². The fraction of sp³-hybridized carbons (Fsp3) is 0.0526. The lowest BCUT2D eigenvalue weighted by atomic mass is 10.1. The van der Waals surface area contributed by atoms with Crippen molar-refractivity contribution in [2.45, 2.75) is 0 Å². The third-order valence-electron chi connectivity index (χ3n) is 3.60. The zero-order valence-electron chi connectivity index (χ0n) is 13.3. The molecule has 0 aliphatic rings. The van der Waals surface area contributed by atoms with E-state index in [0.717, 1.165) is 5.56 Å². The quantitative estimate of drug-likeness (QED) is 0.745. The summed E-state index contributed by atoms with van der Waals surface area (Å²) in [4.78, 5) is 30.8. The third-order valence-corrected chi connectivity index (χ3v) is 3.60. The van der Waals surface area contributed by atoms with Gasteiger partial charge in [-0.2, -0.15) is 5.26 Å². The van der Waals surface area contributed by atoms with Gasteiger partial charge in [0.2, 0.25) is 0 Å². The SMILES string of the molecule is COC(=O)c1ccc2c(=O)[nH]c(/C=C\c3cccc(C#N)c3)nc2c1. The van der Waals surface area contributed by atoms with E-state index in [4.69, 9.17) is 5.26 Å². The summed E-state index contributed by atoms with van der Waals surface area (Å²) in [6, 6.07) is 13.7. The molecule has 1 aromatic heterocycles. The molecule has 1 heterocycles. The second kappa shape index (κ2) is 6.81. The van der Waals surface area contributed by atoms with Gasteiger partial charge in [-0.3, -0.25) is 4.79 Å². The van der Waals surface area contributed by atoms with Crippen molar-refractivity contribution in [3.8, 4) is 6.07 Å². The second-order valence-electron chi connectivity index (χ2n) is 5.25. The van der Waals surface area contributed by atoms with Gasteiger partial charge >= 0.3 is 5.97 Å². The minimum atomic E-state index is -0.491. The molecule has 0 spiro atoms. The molecule has 25 heavy (non-hydrogen) atoms. The summed E-state index contributed by atoms with van der Waals surface area (Å²) in [5.74, 6) is -0.142. The number of methoxy groups -OCH3 is 1. The monoisotopic (exact) mass is 331 g/mol. The number of nitrogens with one attached hydrogen (secondary N) is 1. The highest BCUT2D eigenvalue weighted by molar-refractivity contribution is 5.94. The molecule has 3 aromatic rings. The number of aromatic nitrogens is 2. The summed E-state index contributed by atoms with van der Waals surface area (Å²) < 4.78 is 4.68. The van der Waals surface area contributed by atoms with Crippen LogP contribution in [-0.4, -0.2) is 23.0 Å². The zero-order valence-corrected chi connectivity index (χ0v) is 13.3. The fourth-order valence-electron chi connectivity index (χ4n) is 2.37. The Balaban J connectivity index is 2.01. The van der Waals surface area contributed by atoms with Crippen LogP contribution in [0, 0.1) is 11.3 Å². The number of fused-ring (bicyclic) bond motifs is 1.